The Morgan fingerprint density at radius 2 is 1.95 bits per heavy atom. The summed E-state index contributed by atoms with van der Waals surface area (Å²) < 4.78 is 12.3. The molecule has 1 saturated heterocycles. The van der Waals surface area contributed by atoms with E-state index in [9.17, 15) is 5.11 Å². The summed E-state index contributed by atoms with van der Waals surface area (Å²) in [5.74, 6) is 1.64. The minimum atomic E-state index is 0.238. The normalized spacial score (nSPS) is 22.8. The van der Waals surface area contributed by atoms with Crippen molar-refractivity contribution in [2.45, 2.75) is 31.8 Å². The number of benzene rings is 1. The minimum Gasteiger partial charge on any atom is -0.486 e. The SMILES string of the molecule is OCC1CCCCN1Cc1cc2c(cc1Br)OCCO2. The van der Waals surface area contributed by atoms with E-state index in [0.717, 1.165) is 35.5 Å². The highest BCUT2D eigenvalue weighted by Gasteiger charge is 2.23. The summed E-state index contributed by atoms with van der Waals surface area (Å²) in [5.41, 5.74) is 1.19. The zero-order valence-corrected chi connectivity index (χ0v) is 13.1. The molecule has 1 unspecified atom stereocenters. The van der Waals surface area contributed by atoms with Crippen LogP contribution in [0.5, 0.6) is 11.5 Å². The van der Waals surface area contributed by atoms with E-state index in [1.807, 2.05) is 6.07 Å². The fourth-order valence-corrected chi connectivity index (χ4v) is 3.37. The molecule has 2 aliphatic heterocycles. The van der Waals surface area contributed by atoms with Crippen LogP contribution in [-0.4, -0.2) is 42.4 Å². The Bertz CT molecular complexity index is 480. The molecule has 1 atom stereocenters. The van der Waals surface area contributed by atoms with Crippen molar-refractivity contribution >= 4 is 15.9 Å². The largest absolute Gasteiger partial charge is 0.486 e. The Labute approximate surface area is 127 Å². The van der Waals surface area contributed by atoms with Gasteiger partial charge in [-0.05, 0) is 37.1 Å². The van der Waals surface area contributed by atoms with Gasteiger partial charge in [0.2, 0.25) is 0 Å². The first-order valence-corrected chi connectivity index (χ1v) is 8.00. The van der Waals surface area contributed by atoms with Crippen LogP contribution in [0.2, 0.25) is 0 Å². The number of hydrogen-bond acceptors (Lipinski definition) is 4. The van der Waals surface area contributed by atoms with Crippen LogP contribution >= 0.6 is 15.9 Å². The van der Waals surface area contributed by atoms with E-state index in [4.69, 9.17) is 9.47 Å². The minimum absolute atomic E-state index is 0.238. The summed E-state index contributed by atoms with van der Waals surface area (Å²) in [6.45, 7) is 3.34. The van der Waals surface area contributed by atoms with Crippen molar-refractivity contribution in [3.63, 3.8) is 0 Å². The van der Waals surface area contributed by atoms with Gasteiger partial charge in [-0.2, -0.15) is 0 Å². The molecule has 2 aliphatic rings. The Balaban J connectivity index is 1.79. The third-order valence-corrected chi connectivity index (χ3v) is 4.78. The Morgan fingerprint density at radius 1 is 1.20 bits per heavy atom. The lowest BCUT2D eigenvalue weighted by Gasteiger charge is -2.35. The second-order valence-corrected chi connectivity index (χ2v) is 6.24. The Kier molecular flexibility index (Phi) is 4.48. The second kappa shape index (κ2) is 6.33. The molecule has 1 aromatic carbocycles. The zero-order chi connectivity index (χ0) is 13.9. The molecule has 0 aromatic heterocycles. The van der Waals surface area contributed by atoms with E-state index < -0.39 is 0 Å². The zero-order valence-electron chi connectivity index (χ0n) is 11.5. The van der Waals surface area contributed by atoms with Crippen LogP contribution in [0.25, 0.3) is 0 Å². The third kappa shape index (κ3) is 2.95. The van der Waals surface area contributed by atoms with Gasteiger partial charge in [-0.15, -0.1) is 0 Å². The second-order valence-electron chi connectivity index (χ2n) is 5.39. The van der Waals surface area contributed by atoms with Crippen LogP contribution in [0.15, 0.2) is 16.6 Å². The Morgan fingerprint density at radius 3 is 2.70 bits per heavy atom. The molecule has 0 bridgehead atoms. The van der Waals surface area contributed by atoms with Crippen molar-refractivity contribution < 1.29 is 14.6 Å². The molecule has 1 N–H and O–H groups in total. The average Bonchev–Trinajstić information content (AvgIpc) is 2.48. The number of rotatable bonds is 3. The van der Waals surface area contributed by atoms with E-state index in [1.54, 1.807) is 0 Å². The van der Waals surface area contributed by atoms with Gasteiger partial charge in [-0.25, -0.2) is 0 Å². The van der Waals surface area contributed by atoms with Gasteiger partial charge in [0.25, 0.3) is 0 Å². The summed E-state index contributed by atoms with van der Waals surface area (Å²) >= 11 is 3.62. The van der Waals surface area contributed by atoms with Crippen LogP contribution in [0.3, 0.4) is 0 Å². The van der Waals surface area contributed by atoms with Crippen LogP contribution in [0.1, 0.15) is 24.8 Å². The summed E-state index contributed by atoms with van der Waals surface area (Å²) in [4.78, 5) is 2.36. The highest BCUT2D eigenvalue weighted by molar-refractivity contribution is 9.10. The lowest BCUT2D eigenvalue weighted by atomic mass is 10.0. The number of halogens is 1. The number of ether oxygens (including phenoxy) is 2. The molecule has 0 amide bonds. The average molecular weight is 342 g/mol. The van der Waals surface area contributed by atoms with E-state index in [2.05, 4.69) is 26.9 Å². The lowest BCUT2D eigenvalue weighted by molar-refractivity contribution is 0.0837. The smallest absolute Gasteiger partial charge is 0.162 e. The number of aliphatic hydroxyl groups excluding tert-OH is 1. The fraction of sp³-hybridized carbons (Fsp3) is 0.600. The van der Waals surface area contributed by atoms with E-state index >= 15 is 0 Å². The van der Waals surface area contributed by atoms with Crippen molar-refractivity contribution in [1.29, 1.82) is 0 Å². The maximum atomic E-state index is 9.50. The fourth-order valence-electron chi connectivity index (χ4n) is 2.92. The van der Waals surface area contributed by atoms with Crippen LogP contribution in [0, 0.1) is 0 Å². The summed E-state index contributed by atoms with van der Waals surface area (Å²) in [6, 6.07) is 4.33. The molecule has 1 aromatic rings. The van der Waals surface area contributed by atoms with Gasteiger partial charge in [-0.1, -0.05) is 22.4 Å². The Hall–Kier alpha value is -0.780. The van der Waals surface area contributed by atoms with Crippen molar-refractivity contribution in [2.24, 2.45) is 0 Å². The molecule has 0 spiro atoms. The molecule has 0 aliphatic carbocycles. The highest BCUT2D eigenvalue weighted by atomic mass is 79.9. The predicted octanol–water partition coefficient (Wildman–Crippen LogP) is 2.57. The number of nitrogens with zero attached hydrogens (tertiary/aromatic N) is 1. The van der Waals surface area contributed by atoms with Gasteiger partial charge in [0.15, 0.2) is 11.5 Å². The van der Waals surface area contributed by atoms with Gasteiger partial charge in [0.1, 0.15) is 13.2 Å². The number of fused-ring (bicyclic) bond motifs is 1. The van der Waals surface area contributed by atoms with E-state index in [-0.39, 0.29) is 12.6 Å². The first kappa shape index (κ1) is 14.2. The molecule has 3 rings (SSSR count). The standard InChI is InChI=1S/C15H20BrNO3/c16-13-8-15-14(19-5-6-20-15)7-11(13)9-17-4-2-1-3-12(17)10-18/h7-8,12,18H,1-6,9-10H2. The molecule has 1 fully saturated rings. The van der Waals surface area contributed by atoms with Crippen molar-refractivity contribution in [3.8, 4) is 11.5 Å². The predicted molar refractivity (Wildman–Crippen MR) is 80.3 cm³/mol. The third-order valence-electron chi connectivity index (χ3n) is 4.04. The maximum Gasteiger partial charge on any atom is 0.162 e. The summed E-state index contributed by atoms with van der Waals surface area (Å²) in [6.07, 6.45) is 3.50. The molecule has 2 heterocycles. The molecular formula is C15H20BrNO3. The van der Waals surface area contributed by atoms with Crippen molar-refractivity contribution in [1.82, 2.24) is 4.90 Å². The van der Waals surface area contributed by atoms with Gasteiger partial charge < -0.3 is 14.6 Å². The summed E-state index contributed by atoms with van der Waals surface area (Å²) in [7, 11) is 0. The van der Waals surface area contributed by atoms with Gasteiger partial charge in [0, 0.05) is 17.1 Å². The summed E-state index contributed by atoms with van der Waals surface area (Å²) in [5, 5.41) is 9.50. The molecule has 110 valence electrons. The molecule has 0 radical (unpaired) electrons. The van der Waals surface area contributed by atoms with Gasteiger partial charge >= 0.3 is 0 Å². The molecule has 0 saturated carbocycles. The highest BCUT2D eigenvalue weighted by Crippen LogP contribution is 2.36. The quantitative estimate of drug-likeness (QED) is 0.917. The molecule has 4 nitrogen and oxygen atoms in total. The number of piperidine rings is 1. The van der Waals surface area contributed by atoms with E-state index in [1.165, 1.54) is 18.4 Å². The maximum absolute atomic E-state index is 9.50. The molecule has 5 heteroatoms. The molecule has 20 heavy (non-hydrogen) atoms. The first-order valence-electron chi connectivity index (χ1n) is 7.21. The van der Waals surface area contributed by atoms with Crippen LogP contribution in [0.4, 0.5) is 0 Å². The van der Waals surface area contributed by atoms with Crippen molar-refractivity contribution in [2.75, 3.05) is 26.4 Å². The lowest BCUT2D eigenvalue weighted by Crippen LogP contribution is -2.41. The number of likely N-dealkylation sites (tertiary alicyclic amines) is 1. The van der Waals surface area contributed by atoms with E-state index in [0.29, 0.717) is 13.2 Å². The van der Waals surface area contributed by atoms with Crippen LogP contribution in [-0.2, 0) is 6.54 Å². The number of aliphatic hydroxyl groups is 1. The first-order chi connectivity index (χ1) is 9.78. The monoisotopic (exact) mass is 341 g/mol. The number of hydrogen-bond donors (Lipinski definition) is 1. The molecular weight excluding hydrogens is 322 g/mol. The van der Waals surface area contributed by atoms with Crippen LogP contribution < -0.4 is 9.47 Å². The topological polar surface area (TPSA) is 41.9 Å². The van der Waals surface area contributed by atoms with Gasteiger partial charge in [-0.3, -0.25) is 4.90 Å². The van der Waals surface area contributed by atoms with Gasteiger partial charge in [0.05, 0.1) is 6.61 Å². The van der Waals surface area contributed by atoms with Crippen molar-refractivity contribution in [3.05, 3.63) is 22.2 Å².